The minimum atomic E-state index is -3.55. The van der Waals surface area contributed by atoms with Gasteiger partial charge in [0.1, 0.15) is 5.75 Å². The predicted molar refractivity (Wildman–Crippen MR) is 115 cm³/mol. The van der Waals surface area contributed by atoms with E-state index in [2.05, 4.69) is 24.1 Å². The molecular weight excluding hydrogens is 372 g/mol. The van der Waals surface area contributed by atoms with Gasteiger partial charge >= 0.3 is 0 Å². The zero-order valence-corrected chi connectivity index (χ0v) is 17.7. The van der Waals surface area contributed by atoms with Crippen LogP contribution in [0.2, 0.25) is 0 Å². The fourth-order valence-electron chi connectivity index (χ4n) is 4.10. The van der Waals surface area contributed by atoms with E-state index < -0.39 is 9.84 Å². The Morgan fingerprint density at radius 2 is 1.89 bits per heavy atom. The number of phenols is 1. The molecule has 0 bridgehead atoms. The first-order valence-electron chi connectivity index (χ1n) is 9.96. The van der Waals surface area contributed by atoms with Crippen molar-refractivity contribution < 1.29 is 13.5 Å². The van der Waals surface area contributed by atoms with Crippen LogP contribution in [0.4, 0.5) is 17.1 Å². The van der Waals surface area contributed by atoms with Crippen LogP contribution < -0.4 is 10.2 Å². The molecule has 0 aliphatic carbocycles. The number of phenolic OH excluding ortho intramolecular Hbond substituents is 1. The van der Waals surface area contributed by atoms with Gasteiger partial charge in [0.25, 0.3) is 0 Å². The Morgan fingerprint density at radius 1 is 1.18 bits per heavy atom. The maximum Gasteiger partial charge on any atom is 0.181 e. The number of hydrogen-bond donors (Lipinski definition) is 2. The van der Waals surface area contributed by atoms with Crippen LogP contribution in [-0.4, -0.2) is 32.9 Å². The maximum atomic E-state index is 13.4. The highest BCUT2D eigenvalue weighted by molar-refractivity contribution is 7.91. The highest BCUT2D eigenvalue weighted by atomic mass is 32.2. The Hall–Kier alpha value is -2.21. The molecule has 0 spiro atoms. The number of benzene rings is 2. The molecule has 0 radical (unpaired) electrons. The Balaban J connectivity index is 2.25. The molecule has 152 valence electrons. The van der Waals surface area contributed by atoms with Crippen molar-refractivity contribution in [2.75, 3.05) is 29.6 Å². The highest BCUT2D eigenvalue weighted by Gasteiger charge is 2.41. The van der Waals surface area contributed by atoms with Crippen molar-refractivity contribution in [3.63, 3.8) is 0 Å². The van der Waals surface area contributed by atoms with Gasteiger partial charge in [-0.25, -0.2) is 8.42 Å². The number of hydrogen-bond acceptors (Lipinski definition) is 5. The summed E-state index contributed by atoms with van der Waals surface area (Å²) in [4.78, 5) is 2.32. The molecule has 0 saturated carbocycles. The van der Waals surface area contributed by atoms with Gasteiger partial charge in [-0.2, -0.15) is 0 Å². The summed E-state index contributed by atoms with van der Waals surface area (Å²) in [5.74, 6) is 0.0564. The predicted octanol–water partition coefficient (Wildman–Crippen LogP) is 4.95. The van der Waals surface area contributed by atoms with Gasteiger partial charge < -0.3 is 15.3 Å². The first-order valence-corrected chi connectivity index (χ1v) is 11.6. The van der Waals surface area contributed by atoms with E-state index in [1.54, 1.807) is 13.1 Å². The van der Waals surface area contributed by atoms with Crippen molar-refractivity contribution in [1.29, 1.82) is 0 Å². The van der Waals surface area contributed by atoms with Crippen molar-refractivity contribution in [2.24, 2.45) is 5.41 Å². The van der Waals surface area contributed by atoms with Gasteiger partial charge in [0, 0.05) is 30.8 Å². The van der Waals surface area contributed by atoms with E-state index in [1.807, 2.05) is 30.3 Å². The van der Waals surface area contributed by atoms with Crippen molar-refractivity contribution in [1.82, 2.24) is 0 Å². The lowest BCUT2D eigenvalue weighted by Gasteiger charge is -2.36. The quantitative estimate of drug-likeness (QED) is 0.669. The summed E-state index contributed by atoms with van der Waals surface area (Å²) in [6, 6.07) is 13.1. The van der Waals surface area contributed by atoms with E-state index in [1.165, 1.54) is 6.07 Å². The van der Waals surface area contributed by atoms with E-state index in [-0.39, 0.29) is 21.8 Å². The van der Waals surface area contributed by atoms with Crippen LogP contribution in [0, 0.1) is 5.41 Å². The number of fused-ring (bicyclic) bond motifs is 1. The standard InChI is InChI=1S/C22H30N2O3S/c1-4-6-12-22(5-2)15-24(17-10-8-7-9-11-17)19-13-18(23-3)20(25)14-21(19)28(26,27)16-22/h7-11,13-14,23,25H,4-6,12,15-16H2,1-3H3. The Bertz CT molecular complexity index is 928. The second kappa shape index (κ2) is 8.03. The monoisotopic (exact) mass is 402 g/mol. The van der Waals surface area contributed by atoms with Gasteiger partial charge in [-0.3, -0.25) is 0 Å². The summed E-state index contributed by atoms with van der Waals surface area (Å²) >= 11 is 0. The molecule has 1 unspecified atom stereocenters. The molecule has 0 amide bonds. The lowest BCUT2D eigenvalue weighted by Crippen LogP contribution is -2.37. The second-order valence-electron chi connectivity index (χ2n) is 7.72. The Kier molecular flexibility index (Phi) is 5.89. The third kappa shape index (κ3) is 3.83. The third-order valence-electron chi connectivity index (χ3n) is 5.84. The van der Waals surface area contributed by atoms with Gasteiger partial charge in [-0.05, 0) is 31.0 Å². The van der Waals surface area contributed by atoms with E-state index in [4.69, 9.17) is 0 Å². The van der Waals surface area contributed by atoms with Crippen LogP contribution in [0.15, 0.2) is 47.4 Å². The summed E-state index contributed by atoms with van der Waals surface area (Å²) in [6.07, 6.45) is 3.68. The molecule has 1 atom stereocenters. The molecule has 2 aromatic rings. The van der Waals surface area contributed by atoms with Gasteiger partial charge in [0.15, 0.2) is 9.84 Å². The average molecular weight is 403 g/mol. The molecule has 1 aliphatic rings. The summed E-state index contributed by atoms with van der Waals surface area (Å²) in [5, 5.41) is 13.3. The average Bonchev–Trinajstić information content (AvgIpc) is 2.79. The van der Waals surface area contributed by atoms with E-state index >= 15 is 0 Å². The SMILES string of the molecule is CCCCC1(CC)CN(c2ccccc2)c2cc(NC)c(O)cc2S(=O)(=O)C1. The van der Waals surface area contributed by atoms with Crippen molar-refractivity contribution in [3.8, 4) is 5.75 Å². The fraction of sp³-hybridized carbons (Fsp3) is 0.455. The van der Waals surface area contributed by atoms with Gasteiger partial charge in [-0.15, -0.1) is 0 Å². The first kappa shape index (κ1) is 20.5. The number of anilines is 3. The third-order valence-corrected chi connectivity index (χ3v) is 7.83. The zero-order chi connectivity index (χ0) is 20.4. The topological polar surface area (TPSA) is 69.6 Å². The van der Waals surface area contributed by atoms with Crippen LogP contribution in [0.3, 0.4) is 0 Å². The number of nitrogens with zero attached hydrogens (tertiary/aromatic N) is 1. The molecule has 0 fully saturated rings. The summed E-state index contributed by atoms with van der Waals surface area (Å²) < 4.78 is 26.8. The molecule has 3 rings (SSSR count). The van der Waals surface area contributed by atoms with E-state index in [0.29, 0.717) is 17.9 Å². The van der Waals surface area contributed by atoms with Crippen LogP contribution >= 0.6 is 0 Å². The maximum absolute atomic E-state index is 13.4. The summed E-state index contributed by atoms with van der Waals surface area (Å²) in [5.41, 5.74) is 1.77. The number of rotatable bonds is 6. The molecule has 1 heterocycles. The molecule has 2 aromatic carbocycles. The number of aromatic hydroxyl groups is 1. The van der Waals surface area contributed by atoms with Crippen LogP contribution in [-0.2, 0) is 9.84 Å². The molecule has 2 N–H and O–H groups in total. The highest BCUT2D eigenvalue weighted by Crippen LogP contribution is 2.46. The molecule has 6 heteroatoms. The number of para-hydroxylation sites is 1. The van der Waals surface area contributed by atoms with Gasteiger partial charge in [-0.1, -0.05) is 44.9 Å². The molecule has 1 aliphatic heterocycles. The van der Waals surface area contributed by atoms with Gasteiger partial charge in [0.2, 0.25) is 0 Å². The molecular formula is C22H30N2O3S. The summed E-state index contributed by atoms with van der Waals surface area (Å²) in [6.45, 7) is 4.85. The van der Waals surface area contributed by atoms with Gasteiger partial charge in [0.05, 0.1) is 22.0 Å². The lowest BCUT2D eigenvalue weighted by molar-refractivity contribution is 0.290. The van der Waals surface area contributed by atoms with Crippen LogP contribution in [0.25, 0.3) is 0 Å². The largest absolute Gasteiger partial charge is 0.506 e. The zero-order valence-electron chi connectivity index (χ0n) is 16.9. The minimum absolute atomic E-state index is 0.0459. The number of nitrogens with one attached hydrogen (secondary N) is 1. The smallest absolute Gasteiger partial charge is 0.181 e. The second-order valence-corrected chi connectivity index (χ2v) is 9.68. The normalized spacial score (nSPS) is 21.0. The number of sulfone groups is 1. The van der Waals surface area contributed by atoms with Crippen LogP contribution in [0.5, 0.6) is 5.75 Å². The van der Waals surface area contributed by atoms with Crippen molar-refractivity contribution >= 4 is 26.9 Å². The number of unbranched alkanes of at least 4 members (excludes halogenated alkanes) is 1. The lowest BCUT2D eigenvalue weighted by atomic mass is 9.81. The van der Waals surface area contributed by atoms with E-state index in [9.17, 15) is 13.5 Å². The van der Waals surface area contributed by atoms with Crippen LogP contribution in [0.1, 0.15) is 39.5 Å². The first-order chi connectivity index (χ1) is 13.4. The Morgan fingerprint density at radius 3 is 2.50 bits per heavy atom. The fourth-order valence-corrected chi connectivity index (χ4v) is 6.28. The van der Waals surface area contributed by atoms with Crippen molar-refractivity contribution in [3.05, 3.63) is 42.5 Å². The molecule has 28 heavy (non-hydrogen) atoms. The molecule has 0 saturated heterocycles. The summed E-state index contributed by atoms with van der Waals surface area (Å²) in [7, 11) is -1.83. The van der Waals surface area contributed by atoms with Crippen molar-refractivity contribution in [2.45, 2.75) is 44.4 Å². The minimum Gasteiger partial charge on any atom is -0.506 e. The molecule has 0 aromatic heterocycles. The molecule has 5 nitrogen and oxygen atoms in total. The Labute approximate surface area is 168 Å². The van der Waals surface area contributed by atoms with E-state index in [0.717, 1.165) is 31.4 Å².